The highest BCUT2D eigenvalue weighted by molar-refractivity contribution is 5.98. The number of para-hydroxylation sites is 1. The summed E-state index contributed by atoms with van der Waals surface area (Å²) in [6.45, 7) is 0.559. The van der Waals surface area contributed by atoms with Gasteiger partial charge in [-0.05, 0) is 43.9 Å². The quantitative estimate of drug-likeness (QED) is 0.560. The lowest BCUT2D eigenvalue weighted by molar-refractivity contribution is -0.130. The number of amides is 2. The van der Waals surface area contributed by atoms with E-state index in [4.69, 9.17) is 0 Å². The number of fused-ring (bicyclic) bond motifs is 1. The number of carbonyl (C=O) groups is 2. The fraction of sp³-hybridized carbons (Fsp3) is 0.261. The van der Waals surface area contributed by atoms with Crippen molar-refractivity contribution in [2.75, 3.05) is 33.7 Å². The van der Waals surface area contributed by atoms with Crippen molar-refractivity contribution in [3.8, 4) is 0 Å². The first kappa shape index (κ1) is 23.1. The minimum Gasteiger partial charge on any atom is -0.360 e. The molecule has 32 heavy (non-hydrogen) atoms. The molecule has 1 aromatic heterocycles. The van der Waals surface area contributed by atoms with Gasteiger partial charge in [0.05, 0.1) is 6.54 Å². The van der Waals surface area contributed by atoms with Gasteiger partial charge in [-0.25, -0.2) is 8.78 Å². The minimum atomic E-state index is -0.994. The first-order valence-electron chi connectivity index (χ1n) is 10.0. The summed E-state index contributed by atoms with van der Waals surface area (Å²) in [6, 6.07) is 10.3. The van der Waals surface area contributed by atoms with E-state index in [1.54, 1.807) is 24.3 Å². The maximum Gasteiger partial charge on any atom is 0.257 e. The predicted molar refractivity (Wildman–Crippen MR) is 117 cm³/mol. The maximum absolute atomic E-state index is 13.6. The van der Waals surface area contributed by atoms with Crippen LogP contribution in [0.5, 0.6) is 0 Å². The average Bonchev–Trinajstić information content (AvgIpc) is 2.77. The van der Waals surface area contributed by atoms with Gasteiger partial charge in [0.1, 0.15) is 5.56 Å². The van der Waals surface area contributed by atoms with Crippen molar-refractivity contribution in [3.05, 3.63) is 81.6 Å². The first-order valence-corrected chi connectivity index (χ1v) is 10.0. The van der Waals surface area contributed by atoms with Crippen LogP contribution in [0.25, 0.3) is 10.9 Å². The van der Waals surface area contributed by atoms with Gasteiger partial charge in [-0.3, -0.25) is 14.4 Å². The fourth-order valence-corrected chi connectivity index (χ4v) is 3.17. The van der Waals surface area contributed by atoms with E-state index in [1.807, 2.05) is 19.0 Å². The van der Waals surface area contributed by atoms with Crippen molar-refractivity contribution in [2.45, 2.75) is 6.54 Å². The largest absolute Gasteiger partial charge is 0.360 e. The third-order valence-corrected chi connectivity index (χ3v) is 4.96. The van der Waals surface area contributed by atoms with E-state index in [1.165, 1.54) is 17.2 Å². The highest BCUT2D eigenvalue weighted by Gasteiger charge is 2.18. The molecule has 0 aliphatic heterocycles. The Kier molecular flexibility index (Phi) is 7.32. The maximum atomic E-state index is 13.6. The average molecular weight is 442 g/mol. The van der Waals surface area contributed by atoms with Gasteiger partial charge < -0.3 is 20.1 Å². The van der Waals surface area contributed by atoms with Crippen molar-refractivity contribution in [1.29, 1.82) is 0 Å². The highest BCUT2D eigenvalue weighted by atomic mass is 19.2. The molecule has 1 heterocycles. The Labute approximate surface area is 183 Å². The molecule has 0 atom stereocenters. The monoisotopic (exact) mass is 442 g/mol. The van der Waals surface area contributed by atoms with Crippen LogP contribution in [0.3, 0.4) is 0 Å². The Hall–Kier alpha value is -3.59. The summed E-state index contributed by atoms with van der Waals surface area (Å²) in [4.78, 5) is 44.1. The molecule has 0 aliphatic carbocycles. The lowest BCUT2D eigenvalue weighted by atomic mass is 10.1. The number of hydrogen-bond acceptors (Lipinski definition) is 4. The van der Waals surface area contributed by atoms with Crippen LogP contribution in [0.1, 0.15) is 15.9 Å². The molecule has 0 radical (unpaired) electrons. The van der Waals surface area contributed by atoms with Gasteiger partial charge >= 0.3 is 0 Å². The van der Waals surface area contributed by atoms with Crippen molar-refractivity contribution in [2.24, 2.45) is 0 Å². The predicted octanol–water partition coefficient (Wildman–Crippen LogP) is 2.13. The molecule has 0 spiro atoms. The SMILES string of the molecule is CN(C)CCN(Cc1ccc(F)c(F)c1)C(=O)CNC(=O)c1c[nH]c2ccccc2c1=O. The smallest absolute Gasteiger partial charge is 0.257 e. The number of nitrogens with one attached hydrogen (secondary N) is 2. The molecule has 9 heteroatoms. The van der Waals surface area contributed by atoms with Crippen LogP contribution in [-0.2, 0) is 11.3 Å². The first-order chi connectivity index (χ1) is 15.3. The zero-order valence-corrected chi connectivity index (χ0v) is 17.8. The Morgan fingerprint density at radius 2 is 1.78 bits per heavy atom. The summed E-state index contributed by atoms with van der Waals surface area (Å²) < 4.78 is 26.8. The zero-order chi connectivity index (χ0) is 23.3. The molecule has 2 N–H and O–H groups in total. The Bertz CT molecular complexity index is 1190. The number of nitrogens with zero attached hydrogens (tertiary/aromatic N) is 2. The molecule has 7 nitrogen and oxygen atoms in total. The van der Waals surface area contributed by atoms with Gasteiger partial charge in [0, 0.05) is 36.7 Å². The molecule has 3 aromatic rings. The summed E-state index contributed by atoms with van der Waals surface area (Å²) in [7, 11) is 3.68. The summed E-state index contributed by atoms with van der Waals surface area (Å²) in [5, 5.41) is 2.85. The molecular weight excluding hydrogens is 418 g/mol. The molecule has 0 saturated carbocycles. The highest BCUT2D eigenvalue weighted by Crippen LogP contribution is 2.11. The fourth-order valence-electron chi connectivity index (χ4n) is 3.17. The second-order valence-electron chi connectivity index (χ2n) is 7.63. The summed E-state index contributed by atoms with van der Waals surface area (Å²) >= 11 is 0. The molecule has 168 valence electrons. The molecule has 2 aromatic carbocycles. The van der Waals surface area contributed by atoms with Crippen LogP contribution >= 0.6 is 0 Å². The van der Waals surface area contributed by atoms with Crippen molar-refractivity contribution in [1.82, 2.24) is 20.1 Å². The molecule has 0 saturated heterocycles. The van der Waals surface area contributed by atoms with E-state index in [0.717, 1.165) is 12.1 Å². The number of halogens is 2. The van der Waals surface area contributed by atoms with Gasteiger partial charge in [-0.1, -0.05) is 18.2 Å². The van der Waals surface area contributed by atoms with Gasteiger partial charge in [0.25, 0.3) is 5.91 Å². The van der Waals surface area contributed by atoms with E-state index in [0.29, 0.717) is 29.6 Å². The lowest BCUT2D eigenvalue weighted by Gasteiger charge is -2.25. The number of benzene rings is 2. The van der Waals surface area contributed by atoms with Gasteiger partial charge in [0.15, 0.2) is 11.6 Å². The van der Waals surface area contributed by atoms with Gasteiger partial charge in [-0.15, -0.1) is 0 Å². The number of rotatable bonds is 8. The van der Waals surface area contributed by atoms with Crippen LogP contribution in [0, 0.1) is 11.6 Å². The van der Waals surface area contributed by atoms with Crippen molar-refractivity contribution in [3.63, 3.8) is 0 Å². The Morgan fingerprint density at radius 3 is 2.50 bits per heavy atom. The number of aromatic nitrogens is 1. The van der Waals surface area contributed by atoms with Crippen molar-refractivity contribution >= 4 is 22.7 Å². The van der Waals surface area contributed by atoms with E-state index in [2.05, 4.69) is 10.3 Å². The van der Waals surface area contributed by atoms with Gasteiger partial charge in [-0.2, -0.15) is 0 Å². The summed E-state index contributed by atoms with van der Waals surface area (Å²) in [6.07, 6.45) is 1.32. The number of aromatic amines is 1. The number of H-pyrrole nitrogens is 1. The summed E-state index contributed by atoms with van der Waals surface area (Å²) in [5.74, 6) is -3.05. The number of pyridine rings is 1. The zero-order valence-electron chi connectivity index (χ0n) is 17.8. The van der Waals surface area contributed by atoms with E-state index < -0.39 is 28.9 Å². The third-order valence-electron chi connectivity index (χ3n) is 4.96. The standard InChI is InChI=1S/C23H24F2N4O3/c1-28(2)9-10-29(14-15-7-8-18(24)19(25)11-15)21(30)13-27-23(32)17-12-26-20-6-4-3-5-16(20)22(17)31/h3-8,11-12H,9-10,13-14H2,1-2H3,(H,26,31)(H,27,32). The van der Waals surface area contributed by atoms with E-state index in [-0.39, 0.29) is 18.7 Å². The molecule has 2 amide bonds. The van der Waals surface area contributed by atoms with E-state index >= 15 is 0 Å². The van der Waals surface area contributed by atoms with Crippen LogP contribution < -0.4 is 10.7 Å². The topological polar surface area (TPSA) is 85.5 Å². The summed E-state index contributed by atoms with van der Waals surface area (Å²) in [5.41, 5.74) is 0.493. The minimum absolute atomic E-state index is 0.0519. The molecular formula is C23H24F2N4O3. The normalized spacial score (nSPS) is 11.0. The van der Waals surface area contributed by atoms with Crippen LogP contribution in [0.4, 0.5) is 8.78 Å². The third kappa shape index (κ3) is 5.55. The molecule has 0 aliphatic rings. The van der Waals surface area contributed by atoms with Crippen LogP contribution in [0.2, 0.25) is 0 Å². The molecule has 0 bridgehead atoms. The number of likely N-dealkylation sites (N-methyl/N-ethyl adjacent to an activating group) is 1. The van der Waals surface area contributed by atoms with Crippen LogP contribution in [0.15, 0.2) is 53.5 Å². The Balaban J connectivity index is 1.71. The number of carbonyl (C=O) groups excluding carboxylic acids is 2. The second-order valence-corrected chi connectivity index (χ2v) is 7.63. The molecule has 0 unspecified atom stereocenters. The van der Waals surface area contributed by atoms with Crippen molar-refractivity contribution < 1.29 is 18.4 Å². The van der Waals surface area contributed by atoms with Crippen LogP contribution in [-0.4, -0.2) is 60.3 Å². The number of hydrogen-bond donors (Lipinski definition) is 2. The lowest BCUT2D eigenvalue weighted by Crippen LogP contribution is -2.43. The van der Waals surface area contributed by atoms with E-state index in [9.17, 15) is 23.2 Å². The second kappa shape index (κ2) is 10.1. The Morgan fingerprint density at radius 1 is 1.03 bits per heavy atom. The molecule has 3 rings (SSSR count). The van der Waals surface area contributed by atoms with Gasteiger partial charge in [0.2, 0.25) is 11.3 Å². The molecule has 0 fully saturated rings.